The molecule has 0 amide bonds. The number of nitrogens with zero attached hydrogens (tertiary/aromatic N) is 2. The summed E-state index contributed by atoms with van der Waals surface area (Å²) in [7, 11) is -3.41. The van der Waals surface area contributed by atoms with Gasteiger partial charge in [0.25, 0.3) is 0 Å². The number of alkyl halides is 3. The number of thiophene rings is 1. The van der Waals surface area contributed by atoms with Gasteiger partial charge in [-0.25, -0.2) is 13.1 Å². The van der Waals surface area contributed by atoms with Gasteiger partial charge in [0.15, 0.2) is 15.5 Å². The number of aromatic nitrogens is 2. The summed E-state index contributed by atoms with van der Waals surface area (Å²) in [5.41, 5.74) is -0.169. The van der Waals surface area contributed by atoms with Crippen LogP contribution in [0.3, 0.4) is 0 Å². The fourth-order valence-electron chi connectivity index (χ4n) is 3.07. The second-order valence-electron chi connectivity index (χ2n) is 6.86. The van der Waals surface area contributed by atoms with Crippen LogP contribution >= 0.6 is 34.5 Å². The molecule has 0 N–H and O–H groups in total. The SMILES string of the molecule is CS(=O)(=O)c1cccc(-c2ccc(-c3cc(C(F)(F)F)nn3-c3c(Cl)cccc3Cl)s2)c1. The highest BCUT2D eigenvalue weighted by Gasteiger charge is 2.36. The molecule has 0 aliphatic heterocycles. The van der Waals surface area contributed by atoms with E-state index in [4.69, 9.17) is 23.2 Å². The smallest absolute Gasteiger partial charge is 0.229 e. The van der Waals surface area contributed by atoms with Crippen molar-refractivity contribution in [2.75, 3.05) is 6.26 Å². The van der Waals surface area contributed by atoms with Crippen LogP contribution in [0.5, 0.6) is 0 Å². The third-order valence-corrected chi connectivity index (χ3v) is 7.43. The maximum atomic E-state index is 13.4. The first-order valence-corrected chi connectivity index (χ1v) is 12.4. The van der Waals surface area contributed by atoms with E-state index < -0.39 is 21.7 Å². The van der Waals surface area contributed by atoms with Gasteiger partial charge in [0, 0.05) is 11.1 Å². The van der Waals surface area contributed by atoms with Crippen LogP contribution in [-0.4, -0.2) is 24.5 Å². The summed E-state index contributed by atoms with van der Waals surface area (Å²) in [6.45, 7) is 0. The standard InChI is InChI=1S/C21H13Cl2F3N2O2S2/c1-32(29,30)13-5-2-4-12(10-13)17-8-9-18(31-17)16-11-19(21(24,25)26)27-28(16)20-14(22)6-3-7-15(20)23/h2-11H,1H3. The molecule has 4 nitrogen and oxygen atoms in total. The Labute approximate surface area is 195 Å². The van der Waals surface area contributed by atoms with E-state index in [-0.39, 0.29) is 26.3 Å². The second-order valence-corrected chi connectivity index (χ2v) is 10.8. The lowest BCUT2D eigenvalue weighted by atomic mass is 10.2. The minimum atomic E-state index is -4.67. The molecule has 0 radical (unpaired) electrons. The largest absolute Gasteiger partial charge is 0.435 e. The number of hydrogen-bond donors (Lipinski definition) is 0. The van der Waals surface area contributed by atoms with Crippen LogP contribution in [0.15, 0.2) is 65.6 Å². The quantitative estimate of drug-likeness (QED) is 0.293. The summed E-state index contributed by atoms with van der Waals surface area (Å²) >= 11 is 13.7. The first-order valence-electron chi connectivity index (χ1n) is 8.97. The fourth-order valence-corrected chi connectivity index (χ4v) is 5.30. The van der Waals surface area contributed by atoms with Gasteiger partial charge < -0.3 is 0 Å². The predicted octanol–water partition coefficient (Wildman–Crippen LogP) is 7.00. The molecule has 2 heterocycles. The summed E-state index contributed by atoms with van der Waals surface area (Å²) < 4.78 is 65.1. The zero-order valence-electron chi connectivity index (χ0n) is 16.2. The van der Waals surface area contributed by atoms with Crippen LogP contribution in [0.2, 0.25) is 10.0 Å². The third kappa shape index (κ3) is 4.43. The van der Waals surface area contributed by atoms with Gasteiger partial charge in [0.1, 0.15) is 5.69 Å². The maximum absolute atomic E-state index is 13.4. The maximum Gasteiger partial charge on any atom is 0.435 e. The highest BCUT2D eigenvalue weighted by Crippen LogP contribution is 2.40. The zero-order chi connectivity index (χ0) is 23.3. The minimum Gasteiger partial charge on any atom is -0.229 e. The number of benzene rings is 2. The minimum absolute atomic E-state index is 0.135. The Bertz CT molecular complexity index is 1410. The Morgan fingerprint density at radius 1 is 0.938 bits per heavy atom. The summed E-state index contributed by atoms with van der Waals surface area (Å²) in [5.74, 6) is 0. The molecule has 0 fully saturated rings. The normalized spacial score (nSPS) is 12.3. The van der Waals surface area contributed by atoms with E-state index in [1.54, 1.807) is 30.3 Å². The number of rotatable bonds is 4. The van der Waals surface area contributed by atoms with E-state index in [2.05, 4.69) is 5.10 Å². The first kappa shape index (κ1) is 22.8. The van der Waals surface area contributed by atoms with Gasteiger partial charge in [-0.3, -0.25) is 0 Å². The Kier molecular flexibility index (Phi) is 5.87. The molecule has 0 saturated carbocycles. The van der Waals surface area contributed by atoms with E-state index >= 15 is 0 Å². The molecule has 0 unspecified atom stereocenters. The Balaban J connectivity index is 1.87. The Hall–Kier alpha value is -2.33. The lowest BCUT2D eigenvalue weighted by molar-refractivity contribution is -0.141. The molecule has 4 rings (SSSR count). The molecule has 0 bridgehead atoms. The molecule has 11 heteroatoms. The molecule has 2 aromatic heterocycles. The van der Waals surface area contributed by atoms with E-state index in [0.29, 0.717) is 15.3 Å². The van der Waals surface area contributed by atoms with Crippen molar-refractivity contribution in [3.05, 3.63) is 76.4 Å². The highest BCUT2D eigenvalue weighted by atomic mass is 35.5. The van der Waals surface area contributed by atoms with Gasteiger partial charge in [0.2, 0.25) is 0 Å². The van der Waals surface area contributed by atoms with Crippen molar-refractivity contribution in [2.45, 2.75) is 11.1 Å². The van der Waals surface area contributed by atoms with E-state index in [0.717, 1.165) is 17.0 Å². The zero-order valence-corrected chi connectivity index (χ0v) is 19.3. The van der Waals surface area contributed by atoms with Gasteiger partial charge in [-0.05, 0) is 48.0 Å². The van der Waals surface area contributed by atoms with E-state index in [9.17, 15) is 21.6 Å². The summed E-state index contributed by atoms with van der Waals surface area (Å²) in [5, 5.41) is 4.02. The lowest BCUT2D eigenvalue weighted by Crippen LogP contribution is -2.07. The molecule has 166 valence electrons. The molecule has 0 aliphatic rings. The van der Waals surface area contributed by atoms with Crippen molar-refractivity contribution in [1.29, 1.82) is 0 Å². The Morgan fingerprint density at radius 3 is 2.19 bits per heavy atom. The lowest BCUT2D eigenvalue weighted by Gasteiger charge is -2.10. The molecule has 0 aliphatic carbocycles. The van der Waals surface area contributed by atoms with E-state index in [1.807, 2.05) is 0 Å². The van der Waals surface area contributed by atoms with Gasteiger partial charge in [-0.15, -0.1) is 11.3 Å². The molecular weight excluding hydrogens is 504 g/mol. The summed E-state index contributed by atoms with van der Waals surface area (Å²) in [6, 6.07) is 15.2. The number of sulfone groups is 1. The average Bonchev–Trinajstić information content (AvgIpc) is 3.34. The van der Waals surface area contributed by atoms with Gasteiger partial charge in [-0.2, -0.15) is 18.3 Å². The van der Waals surface area contributed by atoms with Crippen molar-refractivity contribution in [1.82, 2.24) is 9.78 Å². The van der Waals surface area contributed by atoms with Crippen molar-refractivity contribution in [3.8, 4) is 26.7 Å². The Morgan fingerprint density at radius 2 is 1.56 bits per heavy atom. The molecule has 4 aromatic rings. The number of para-hydroxylation sites is 1. The van der Waals surface area contributed by atoms with Crippen molar-refractivity contribution in [3.63, 3.8) is 0 Å². The van der Waals surface area contributed by atoms with Crippen LogP contribution in [0.4, 0.5) is 13.2 Å². The van der Waals surface area contributed by atoms with E-state index in [1.165, 1.54) is 35.6 Å². The monoisotopic (exact) mass is 516 g/mol. The summed E-state index contributed by atoms with van der Waals surface area (Å²) in [6.07, 6.45) is -3.56. The van der Waals surface area contributed by atoms with Crippen LogP contribution in [0.25, 0.3) is 26.7 Å². The van der Waals surface area contributed by atoms with Gasteiger partial charge in [-0.1, -0.05) is 41.4 Å². The molecule has 0 atom stereocenters. The predicted molar refractivity (Wildman–Crippen MR) is 120 cm³/mol. The van der Waals surface area contributed by atoms with Crippen LogP contribution in [0, 0.1) is 0 Å². The van der Waals surface area contributed by atoms with Crippen LogP contribution < -0.4 is 0 Å². The van der Waals surface area contributed by atoms with Crippen LogP contribution in [-0.2, 0) is 16.0 Å². The van der Waals surface area contributed by atoms with Crippen molar-refractivity contribution < 1.29 is 21.6 Å². The highest BCUT2D eigenvalue weighted by molar-refractivity contribution is 7.90. The number of hydrogen-bond acceptors (Lipinski definition) is 4. The summed E-state index contributed by atoms with van der Waals surface area (Å²) in [4.78, 5) is 1.30. The molecule has 0 saturated heterocycles. The third-order valence-electron chi connectivity index (χ3n) is 4.55. The fraction of sp³-hybridized carbons (Fsp3) is 0.0952. The number of halogens is 5. The van der Waals surface area contributed by atoms with Gasteiger partial charge >= 0.3 is 6.18 Å². The second kappa shape index (κ2) is 8.22. The van der Waals surface area contributed by atoms with Crippen molar-refractivity contribution >= 4 is 44.4 Å². The molecule has 2 aromatic carbocycles. The molecular formula is C21H13Cl2F3N2O2S2. The molecule has 0 spiro atoms. The first-order chi connectivity index (χ1) is 14.9. The molecule has 32 heavy (non-hydrogen) atoms. The van der Waals surface area contributed by atoms with Crippen molar-refractivity contribution in [2.24, 2.45) is 0 Å². The van der Waals surface area contributed by atoms with Gasteiger partial charge in [0.05, 0.1) is 25.5 Å². The van der Waals surface area contributed by atoms with Crippen LogP contribution in [0.1, 0.15) is 5.69 Å². The average molecular weight is 517 g/mol. The topological polar surface area (TPSA) is 52.0 Å².